The average molecular weight is 350 g/mol. The maximum atomic E-state index is 10.4. The van der Waals surface area contributed by atoms with Crippen molar-refractivity contribution in [2.24, 2.45) is 0 Å². The second kappa shape index (κ2) is 8.05. The van der Waals surface area contributed by atoms with E-state index < -0.39 is 31.1 Å². The predicted molar refractivity (Wildman–Crippen MR) is 84.2 cm³/mol. The van der Waals surface area contributed by atoms with Crippen molar-refractivity contribution in [2.75, 3.05) is 0 Å². The van der Waals surface area contributed by atoms with E-state index >= 15 is 0 Å². The third kappa shape index (κ3) is 5.02. The summed E-state index contributed by atoms with van der Waals surface area (Å²) in [6.07, 6.45) is 0. The van der Waals surface area contributed by atoms with Gasteiger partial charge in [0.1, 0.15) is 0 Å². The van der Waals surface area contributed by atoms with Crippen molar-refractivity contribution in [3.8, 4) is 0 Å². The van der Waals surface area contributed by atoms with E-state index in [0.29, 0.717) is 5.56 Å². The number of rotatable bonds is 4. The van der Waals surface area contributed by atoms with Crippen LogP contribution in [0.2, 0.25) is 0 Å². The third-order valence-corrected chi connectivity index (χ3v) is 2.88. The Balaban J connectivity index is 0.000000251. The van der Waals surface area contributed by atoms with Crippen LogP contribution in [0.15, 0.2) is 42.5 Å². The summed E-state index contributed by atoms with van der Waals surface area (Å²) in [7, 11) is 0. The van der Waals surface area contributed by atoms with Gasteiger partial charge in [0.25, 0.3) is 11.4 Å². The van der Waals surface area contributed by atoms with Crippen LogP contribution < -0.4 is 0 Å². The highest BCUT2D eigenvalue weighted by molar-refractivity contribution is 5.51. The van der Waals surface area contributed by atoms with Gasteiger partial charge in [0.2, 0.25) is 0 Å². The molecule has 0 aromatic heterocycles. The van der Waals surface area contributed by atoms with Gasteiger partial charge in [0, 0.05) is 23.8 Å². The molecule has 0 bridgehead atoms. The lowest BCUT2D eigenvalue weighted by molar-refractivity contribution is -0.422. The molecule has 0 spiro atoms. The maximum absolute atomic E-state index is 10.4. The van der Waals surface area contributed by atoms with Gasteiger partial charge in [0.15, 0.2) is 0 Å². The van der Waals surface area contributed by atoms with Crippen LogP contribution >= 0.6 is 0 Å². The minimum atomic E-state index is -0.780. The second-order valence-corrected chi connectivity index (χ2v) is 4.49. The molecule has 0 saturated carbocycles. The minimum Gasteiger partial charge on any atom is -0.258 e. The number of aryl methyl sites for hydroxylation is 1. The normalized spacial score (nSPS) is 9.48. The van der Waals surface area contributed by atoms with Crippen LogP contribution in [0.5, 0.6) is 0 Å². The van der Waals surface area contributed by atoms with Crippen molar-refractivity contribution in [2.45, 2.75) is 6.92 Å². The lowest BCUT2D eigenvalue weighted by Crippen LogP contribution is -1.95. The molecule has 12 nitrogen and oxygen atoms in total. The number of benzene rings is 2. The predicted octanol–water partition coefficient (Wildman–Crippen LogP) is 3.31. The Morgan fingerprint density at radius 1 is 0.640 bits per heavy atom. The Kier molecular flexibility index (Phi) is 6.15. The molecular weight excluding hydrogens is 340 g/mol. The lowest BCUT2D eigenvalue weighted by atomic mass is 10.2. The summed E-state index contributed by atoms with van der Waals surface area (Å²) in [5, 5.41) is 41.1. The van der Waals surface area contributed by atoms with Gasteiger partial charge in [-0.2, -0.15) is 0 Å². The fourth-order valence-corrected chi connectivity index (χ4v) is 1.68. The van der Waals surface area contributed by atoms with E-state index in [4.69, 9.17) is 0 Å². The molecule has 130 valence electrons. The Labute approximate surface area is 138 Å². The van der Waals surface area contributed by atoms with Crippen LogP contribution in [0.25, 0.3) is 0 Å². The largest absolute Gasteiger partial charge is 0.346 e. The molecule has 0 N–H and O–H groups in total. The van der Waals surface area contributed by atoms with Crippen LogP contribution in [-0.4, -0.2) is 19.7 Å². The highest BCUT2D eigenvalue weighted by Crippen LogP contribution is 2.25. The van der Waals surface area contributed by atoms with Gasteiger partial charge in [-0.1, -0.05) is 12.1 Å². The first kappa shape index (κ1) is 19.1. The van der Waals surface area contributed by atoms with Gasteiger partial charge in [-0.15, -0.1) is 0 Å². The fraction of sp³-hybridized carbons (Fsp3) is 0.0769. The Hall–Kier alpha value is -3.96. The number of para-hydroxylation sites is 2. The first-order valence-corrected chi connectivity index (χ1v) is 6.42. The van der Waals surface area contributed by atoms with E-state index in [0.717, 1.165) is 18.2 Å². The third-order valence-electron chi connectivity index (χ3n) is 2.88. The summed E-state index contributed by atoms with van der Waals surface area (Å²) in [6.45, 7) is 1.53. The highest BCUT2D eigenvalue weighted by Gasteiger charge is 2.21. The van der Waals surface area contributed by atoms with Crippen molar-refractivity contribution in [3.63, 3.8) is 0 Å². The molecule has 0 amide bonds. The molecule has 0 aliphatic carbocycles. The zero-order valence-electron chi connectivity index (χ0n) is 12.6. The Bertz CT molecular complexity index is 819. The van der Waals surface area contributed by atoms with E-state index in [2.05, 4.69) is 0 Å². The summed E-state index contributed by atoms with van der Waals surface area (Å²) in [4.78, 5) is 38.2. The van der Waals surface area contributed by atoms with Crippen LogP contribution in [-0.2, 0) is 0 Å². The number of hydrogen-bond acceptors (Lipinski definition) is 8. The summed E-state index contributed by atoms with van der Waals surface area (Å²) in [5.41, 5.74) is -1.05. The molecule has 12 heteroatoms. The van der Waals surface area contributed by atoms with E-state index in [9.17, 15) is 40.5 Å². The molecule has 0 atom stereocenters. The number of nitrogens with zero attached hydrogens (tertiary/aromatic N) is 4. The molecule has 0 aliphatic heterocycles. The smallest absolute Gasteiger partial charge is 0.258 e. The van der Waals surface area contributed by atoms with Gasteiger partial charge in [-0.25, -0.2) is 0 Å². The molecule has 2 aromatic rings. The Morgan fingerprint density at radius 3 is 1.44 bits per heavy atom. The molecule has 2 rings (SSSR count). The van der Waals surface area contributed by atoms with Crippen molar-refractivity contribution < 1.29 is 19.7 Å². The molecule has 0 fully saturated rings. The number of nitro groups is 4. The Morgan fingerprint density at radius 2 is 1.08 bits per heavy atom. The number of non-ortho nitro benzene ring substituents is 1. The van der Waals surface area contributed by atoms with Gasteiger partial charge in [-0.05, 0) is 13.0 Å². The molecule has 0 radical (unpaired) electrons. The molecule has 0 heterocycles. The average Bonchev–Trinajstić information content (AvgIpc) is 2.55. The quantitative estimate of drug-likeness (QED) is 0.596. The van der Waals surface area contributed by atoms with Gasteiger partial charge in [-0.3, -0.25) is 40.5 Å². The highest BCUT2D eigenvalue weighted by atomic mass is 16.6. The molecular formula is C13H10N4O8. The maximum Gasteiger partial charge on any atom is 0.346 e. The zero-order chi connectivity index (χ0) is 19.1. The van der Waals surface area contributed by atoms with Crippen molar-refractivity contribution in [1.29, 1.82) is 0 Å². The van der Waals surface area contributed by atoms with Crippen LogP contribution in [0.4, 0.5) is 22.7 Å². The summed E-state index contributed by atoms with van der Waals surface area (Å²) < 4.78 is 0. The summed E-state index contributed by atoms with van der Waals surface area (Å²) in [5.74, 6) is 0. The van der Waals surface area contributed by atoms with E-state index in [-0.39, 0.29) is 11.4 Å². The van der Waals surface area contributed by atoms with Crippen molar-refractivity contribution >= 4 is 22.7 Å². The molecule has 0 aliphatic rings. The lowest BCUT2D eigenvalue weighted by Gasteiger charge is -1.95. The molecule has 25 heavy (non-hydrogen) atoms. The fourth-order valence-electron chi connectivity index (χ4n) is 1.68. The van der Waals surface area contributed by atoms with Gasteiger partial charge < -0.3 is 0 Å². The number of nitro benzene ring substituents is 4. The van der Waals surface area contributed by atoms with E-state index in [1.54, 1.807) is 0 Å². The SMILES string of the molecule is Cc1ccc([N+](=O)[O-])cc1[N+](=O)[O-].O=[N+]([O-])c1ccccc1[N+](=O)[O-]. The second-order valence-electron chi connectivity index (χ2n) is 4.49. The molecule has 2 aromatic carbocycles. The zero-order valence-corrected chi connectivity index (χ0v) is 12.6. The van der Waals surface area contributed by atoms with Crippen LogP contribution in [0.1, 0.15) is 5.56 Å². The van der Waals surface area contributed by atoms with Gasteiger partial charge in [0.05, 0.1) is 25.8 Å². The summed E-state index contributed by atoms with van der Waals surface area (Å²) in [6, 6.07) is 8.50. The van der Waals surface area contributed by atoms with Gasteiger partial charge >= 0.3 is 11.4 Å². The molecule has 0 saturated heterocycles. The summed E-state index contributed by atoms with van der Waals surface area (Å²) >= 11 is 0. The first-order valence-electron chi connectivity index (χ1n) is 6.42. The molecule has 0 unspecified atom stereocenters. The topological polar surface area (TPSA) is 173 Å². The van der Waals surface area contributed by atoms with E-state index in [1.165, 1.54) is 31.2 Å². The monoisotopic (exact) mass is 350 g/mol. The van der Waals surface area contributed by atoms with Crippen LogP contribution in [0, 0.1) is 47.4 Å². The van der Waals surface area contributed by atoms with Crippen LogP contribution in [0.3, 0.4) is 0 Å². The van der Waals surface area contributed by atoms with Crippen molar-refractivity contribution in [3.05, 3.63) is 88.5 Å². The minimum absolute atomic E-state index is 0.228. The van der Waals surface area contributed by atoms with E-state index in [1.807, 2.05) is 0 Å². The first-order chi connectivity index (χ1) is 11.6. The van der Waals surface area contributed by atoms with Crippen molar-refractivity contribution in [1.82, 2.24) is 0 Å². The number of hydrogen-bond donors (Lipinski definition) is 0. The standard InChI is InChI=1S/C7H6N2O4.C6H4N2O4/c1-5-2-3-6(8(10)11)4-7(5)9(12)13;9-7(10)5-3-1-2-4-6(5)8(11)12/h2-4H,1H3;1-4H.